The van der Waals surface area contributed by atoms with Crippen molar-refractivity contribution in [2.45, 2.75) is 103 Å². The van der Waals surface area contributed by atoms with Gasteiger partial charge in [-0.1, -0.05) is 77.1 Å². The van der Waals surface area contributed by atoms with Gasteiger partial charge in [0.2, 0.25) is 0 Å². The number of aliphatic hydroxyl groups excluding tert-OH is 1. The Balaban J connectivity index is 1.96. The van der Waals surface area contributed by atoms with Gasteiger partial charge in [0.15, 0.2) is 14.1 Å². The SMILES string of the molecule is COc1ccc(CO[C@H]2[C@@H](OCc3ccccc3)C(=O)CC(O)C[C@H](O[Si](C)(C)C(C)(C)C)C2(C)C)cc1. The predicted octanol–water partition coefficient (Wildman–Crippen LogP) is 6.31. The number of aliphatic hydroxyl groups is 1. The molecular formula is C31H46O6Si. The van der Waals surface area contributed by atoms with Crippen molar-refractivity contribution in [2.75, 3.05) is 7.11 Å². The molecule has 7 heteroatoms. The van der Waals surface area contributed by atoms with Crippen LogP contribution in [0.5, 0.6) is 5.75 Å². The third kappa shape index (κ3) is 7.54. The summed E-state index contributed by atoms with van der Waals surface area (Å²) >= 11 is 0. The van der Waals surface area contributed by atoms with E-state index in [2.05, 4.69) is 47.7 Å². The molecule has 1 N–H and O–H groups in total. The normalized spacial score (nSPS) is 24.5. The highest BCUT2D eigenvalue weighted by atomic mass is 28.4. The van der Waals surface area contributed by atoms with Crippen LogP contribution < -0.4 is 4.74 Å². The summed E-state index contributed by atoms with van der Waals surface area (Å²) in [6.45, 7) is 15.8. The number of rotatable bonds is 9. The first-order valence-electron chi connectivity index (χ1n) is 13.5. The van der Waals surface area contributed by atoms with Crippen LogP contribution in [0.25, 0.3) is 0 Å². The van der Waals surface area contributed by atoms with E-state index < -0.39 is 32.0 Å². The van der Waals surface area contributed by atoms with Gasteiger partial charge >= 0.3 is 0 Å². The third-order valence-corrected chi connectivity index (χ3v) is 12.7. The van der Waals surface area contributed by atoms with Crippen LogP contribution in [0.2, 0.25) is 18.1 Å². The number of ether oxygens (including phenoxy) is 3. The highest BCUT2D eigenvalue weighted by Crippen LogP contribution is 2.44. The zero-order valence-electron chi connectivity index (χ0n) is 24.3. The fraction of sp³-hybridized carbons (Fsp3) is 0.581. The fourth-order valence-corrected chi connectivity index (χ4v) is 6.07. The maximum Gasteiger partial charge on any atom is 0.192 e. The molecule has 1 unspecified atom stereocenters. The molecule has 0 saturated heterocycles. The summed E-state index contributed by atoms with van der Waals surface area (Å²) in [5, 5.41) is 10.9. The fourth-order valence-electron chi connectivity index (χ4n) is 4.61. The Kier molecular flexibility index (Phi) is 9.98. The minimum Gasteiger partial charge on any atom is -0.497 e. The number of hydrogen-bond acceptors (Lipinski definition) is 6. The first-order valence-corrected chi connectivity index (χ1v) is 16.4. The van der Waals surface area contributed by atoms with Crippen molar-refractivity contribution < 1.29 is 28.5 Å². The van der Waals surface area contributed by atoms with Crippen LogP contribution in [-0.2, 0) is 31.9 Å². The number of hydrogen-bond donors (Lipinski definition) is 1. The van der Waals surface area contributed by atoms with Crippen molar-refractivity contribution in [3.05, 3.63) is 65.7 Å². The molecule has 6 nitrogen and oxygen atoms in total. The first-order chi connectivity index (χ1) is 17.7. The molecule has 1 fully saturated rings. The van der Waals surface area contributed by atoms with Crippen molar-refractivity contribution in [3.63, 3.8) is 0 Å². The van der Waals surface area contributed by atoms with Crippen molar-refractivity contribution >= 4 is 14.1 Å². The Morgan fingerprint density at radius 1 is 0.947 bits per heavy atom. The number of carbonyl (C=O) groups excluding carboxylic acids is 1. The van der Waals surface area contributed by atoms with E-state index in [1.165, 1.54) is 0 Å². The molecule has 0 spiro atoms. The van der Waals surface area contributed by atoms with E-state index in [1.807, 2.05) is 54.6 Å². The molecule has 0 amide bonds. The van der Waals surface area contributed by atoms with Gasteiger partial charge in [0.25, 0.3) is 0 Å². The average molecular weight is 543 g/mol. The number of benzene rings is 2. The van der Waals surface area contributed by atoms with Crippen molar-refractivity contribution in [1.82, 2.24) is 0 Å². The van der Waals surface area contributed by atoms with Gasteiger partial charge in [-0.2, -0.15) is 0 Å². The third-order valence-electron chi connectivity index (χ3n) is 8.18. The van der Waals surface area contributed by atoms with E-state index in [0.717, 1.165) is 16.9 Å². The van der Waals surface area contributed by atoms with Crippen LogP contribution in [-0.4, -0.2) is 50.7 Å². The van der Waals surface area contributed by atoms with Gasteiger partial charge in [0, 0.05) is 11.8 Å². The van der Waals surface area contributed by atoms with Crippen molar-refractivity contribution in [3.8, 4) is 5.75 Å². The summed E-state index contributed by atoms with van der Waals surface area (Å²) in [6.07, 6.45) is -2.15. The maximum absolute atomic E-state index is 13.5. The van der Waals surface area contributed by atoms with E-state index in [1.54, 1.807) is 7.11 Å². The van der Waals surface area contributed by atoms with E-state index in [9.17, 15) is 9.90 Å². The molecule has 3 rings (SSSR count). The van der Waals surface area contributed by atoms with Gasteiger partial charge in [-0.05, 0) is 47.8 Å². The molecule has 2 aromatic carbocycles. The maximum atomic E-state index is 13.5. The van der Waals surface area contributed by atoms with Crippen LogP contribution >= 0.6 is 0 Å². The summed E-state index contributed by atoms with van der Waals surface area (Å²) in [5.74, 6) is 0.628. The summed E-state index contributed by atoms with van der Waals surface area (Å²) in [5.41, 5.74) is 1.32. The second kappa shape index (κ2) is 12.4. The molecule has 38 heavy (non-hydrogen) atoms. The topological polar surface area (TPSA) is 74.2 Å². The van der Waals surface area contributed by atoms with E-state index >= 15 is 0 Å². The molecule has 4 atom stereocenters. The molecule has 1 aliphatic carbocycles. The van der Waals surface area contributed by atoms with Crippen molar-refractivity contribution in [2.24, 2.45) is 5.41 Å². The van der Waals surface area contributed by atoms with Gasteiger partial charge in [-0.3, -0.25) is 4.79 Å². The van der Waals surface area contributed by atoms with Crippen LogP contribution in [0.1, 0.15) is 58.6 Å². The summed E-state index contributed by atoms with van der Waals surface area (Å²) in [6, 6.07) is 17.5. The second-order valence-electron chi connectivity index (χ2n) is 12.5. The summed E-state index contributed by atoms with van der Waals surface area (Å²) < 4.78 is 25.2. The van der Waals surface area contributed by atoms with Crippen LogP contribution in [0.15, 0.2) is 54.6 Å². The number of ketones is 1. The molecule has 0 aromatic heterocycles. The zero-order valence-corrected chi connectivity index (χ0v) is 25.3. The standard InChI is InChI=1S/C31H46O6Si/c1-30(2,3)38(7,8)37-27-19-24(32)18-26(33)28(35-20-22-12-10-9-11-13-22)29(31(27,4)5)36-21-23-14-16-25(34-6)17-15-23/h9-17,24,27-29,32H,18-21H2,1-8H3/t24?,27-,28-,29-/m0/s1. The zero-order chi connectivity index (χ0) is 28.1. The van der Waals surface area contributed by atoms with Gasteiger partial charge in [0.1, 0.15) is 11.9 Å². The molecule has 0 radical (unpaired) electrons. The second-order valence-corrected chi connectivity index (χ2v) is 17.3. The van der Waals surface area contributed by atoms with Gasteiger partial charge in [0.05, 0.1) is 38.6 Å². The lowest BCUT2D eigenvalue weighted by Crippen LogP contribution is -2.58. The molecule has 1 aliphatic rings. The number of Topliss-reactive ketones (excluding diaryl/α,β-unsaturated/α-hetero) is 1. The first kappa shape index (κ1) is 30.5. The lowest BCUT2D eigenvalue weighted by Gasteiger charge is -2.49. The van der Waals surface area contributed by atoms with Gasteiger partial charge in [-0.15, -0.1) is 0 Å². The molecular weight excluding hydrogens is 496 g/mol. The number of carbonyl (C=O) groups is 1. The Hall–Kier alpha value is -2.03. The Morgan fingerprint density at radius 2 is 1.53 bits per heavy atom. The Morgan fingerprint density at radius 3 is 2.11 bits per heavy atom. The van der Waals surface area contributed by atoms with E-state index in [-0.39, 0.29) is 30.0 Å². The summed E-state index contributed by atoms with van der Waals surface area (Å²) in [7, 11) is -0.554. The quantitative estimate of drug-likeness (QED) is 0.375. The lowest BCUT2D eigenvalue weighted by atomic mass is 9.72. The molecule has 1 saturated carbocycles. The largest absolute Gasteiger partial charge is 0.497 e. The highest BCUT2D eigenvalue weighted by Gasteiger charge is 2.51. The van der Waals surface area contributed by atoms with Crippen LogP contribution in [0, 0.1) is 5.41 Å². The monoisotopic (exact) mass is 542 g/mol. The summed E-state index contributed by atoms with van der Waals surface area (Å²) in [4.78, 5) is 13.5. The van der Waals surface area contributed by atoms with Crippen molar-refractivity contribution in [1.29, 1.82) is 0 Å². The molecule has 0 heterocycles. The van der Waals surface area contributed by atoms with Crippen LogP contribution in [0.4, 0.5) is 0 Å². The Labute approximate surface area is 229 Å². The minimum atomic E-state index is -2.19. The van der Waals surface area contributed by atoms with E-state index in [0.29, 0.717) is 13.0 Å². The van der Waals surface area contributed by atoms with E-state index in [4.69, 9.17) is 18.6 Å². The smallest absolute Gasteiger partial charge is 0.192 e. The van der Waals surface area contributed by atoms with Crippen LogP contribution in [0.3, 0.4) is 0 Å². The predicted molar refractivity (Wildman–Crippen MR) is 153 cm³/mol. The minimum absolute atomic E-state index is 0.00508. The van der Waals surface area contributed by atoms with Gasteiger partial charge in [-0.25, -0.2) is 0 Å². The molecule has 0 aliphatic heterocycles. The lowest BCUT2D eigenvalue weighted by molar-refractivity contribution is -0.181. The molecule has 0 bridgehead atoms. The Bertz CT molecular complexity index is 1030. The average Bonchev–Trinajstić information content (AvgIpc) is 2.85. The van der Waals surface area contributed by atoms with Gasteiger partial charge < -0.3 is 23.7 Å². The number of methoxy groups -OCH3 is 1. The highest BCUT2D eigenvalue weighted by molar-refractivity contribution is 6.74. The molecule has 210 valence electrons. The molecule has 2 aromatic rings.